The van der Waals surface area contributed by atoms with E-state index in [1.165, 1.54) is 0 Å². The molecule has 0 aliphatic rings. The highest BCUT2D eigenvalue weighted by Gasteiger charge is 2.15. The molecule has 1 N–H and O–H groups in total. The summed E-state index contributed by atoms with van der Waals surface area (Å²) in [6.45, 7) is 3.88. The molecular formula is C23H19ClN6O. The maximum Gasteiger partial charge on any atom is 0.252 e. The monoisotopic (exact) mass is 430 g/mol. The number of benzene rings is 2. The summed E-state index contributed by atoms with van der Waals surface area (Å²) in [6.07, 6.45) is 3.52. The van der Waals surface area contributed by atoms with Crippen LogP contribution in [-0.4, -0.2) is 21.0 Å². The third-order valence-electron chi connectivity index (χ3n) is 4.49. The molecule has 4 aromatic rings. The van der Waals surface area contributed by atoms with E-state index < -0.39 is 0 Å². The first-order valence-corrected chi connectivity index (χ1v) is 10.0. The van der Waals surface area contributed by atoms with Crippen LogP contribution in [0.15, 0.2) is 70.3 Å². The lowest BCUT2D eigenvalue weighted by Gasteiger charge is -2.00. The summed E-state index contributed by atoms with van der Waals surface area (Å²) in [5.74, 6) is 0.756. The van der Waals surface area contributed by atoms with Crippen molar-refractivity contribution in [2.45, 2.75) is 19.8 Å². The van der Waals surface area contributed by atoms with Gasteiger partial charge in [0.1, 0.15) is 11.8 Å². The average Bonchev–Trinajstić information content (AvgIpc) is 3.40. The van der Waals surface area contributed by atoms with Crippen LogP contribution in [0.25, 0.3) is 16.9 Å². The largest absolute Gasteiger partial charge is 0.422 e. The Hall–Kier alpha value is -3.89. The molecule has 0 saturated carbocycles. The second kappa shape index (κ2) is 8.86. The van der Waals surface area contributed by atoms with Crippen molar-refractivity contribution in [3.05, 3.63) is 83.0 Å². The van der Waals surface area contributed by atoms with E-state index in [2.05, 4.69) is 15.5 Å². The zero-order valence-electron chi connectivity index (χ0n) is 17.0. The molecule has 0 radical (unpaired) electrons. The number of nitrogens with one attached hydrogen (secondary N) is 1. The SMILES string of the molecule is CC(C)c1nc(C#N)c(NN=Cc2cn(-c3ccccc3)nc2-c2ccc(Cl)cc2)o1. The Morgan fingerprint density at radius 1 is 1.16 bits per heavy atom. The number of nitriles is 1. The zero-order chi connectivity index (χ0) is 21.8. The van der Waals surface area contributed by atoms with Gasteiger partial charge < -0.3 is 4.42 Å². The number of oxazole rings is 1. The Kier molecular flexibility index (Phi) is 5.83. The predicted octanol–water partition coefficient (Wildman–Crippen LogP) is 5.62. The van der Waals surface area contributed by atoms with Crippen LogP contribution < -0.4 is 5.43 Å². The molecule has 0 amide bonds. The molecule has 0 atom stereocenters. The number of aromatic nitrogens is 3. The number of anilines is 1. The normalized spacial score (nSPS) is 11.2. The summed E-state index contributed by atoms with van der Waals surface area (Å²) in [7, 11) is 0. The van der Waals surface area contributed by atoms with Gasteiger partial charge in [0, 0.05) is 28.3 Å². The summed E-state index contributed by atoms with van der Waals surface area (Å²) in [6, 6.07) is 19.3. The highest BCUT2D eigenvalue weighted by atomic mass is 35.5. The lowest BCUT2D eigenvalue weighted by Crippen LogP contribution is -1.93. The molecule has 4 rings (SSSR count). The number of nitrogens with zero attached hydrogens (tertiary/aromatic N) is 5. The van der Waals surface area contributed by atoms with E-state index >= 15 is 0 Å². The number of halogens is 1. The molecule has 2 aromatic carbocycles. The third-order valence-corrected chi connectivity index (χ3v) is 4.75. The van der Waals surface area contributed by atoms with E-state index in [9.17, 15) is 5.26 Å². The molecule has 2 heterocycles. The van der Waals surface area contributed by atoms with Crippen molar-refractivity contribution in [2.75, 3.05) is 5.43 Å². The number of hydrazone groups is 1. The van der Waals surface area contributed by atoms with E-state index in [1.54, 1.807) is 10.9 Å². The minimum Gasteiger partial charge on any atom is -0.422 e. The summed E-state index contributed by atoms with van der Waals surface area (Å²) >= 11 is 6.04. The first-order chi connectivity index (χ1) is 15.0. The van der Waals surface area contributed by atoms with E-state index in [0.717, 1.165) is 22.5 Å². The Labute approximate surface area is 184 Å². The molecule has 0 aliphatic heterocycles. The number of rotatable bonds is 6. The second-order valence-corrected chi connectivity index (χ2v) is 7.52. The maximum atomic E-state index is 9.29. The molecule has 0 unspecified atom stereocenters. The summed E-state index contributed by atoms with van der Waals surface area (Å²) in [5.41, 5.74) is 6.30. The van der Waals surface area contributed by atoms with Gasteiger partial charge in [-0.2, -0.15) is 15.5 Å². The molecule has 154 valence electrons. The lowest BCUT2D eigenvalue weighted by atomic mass is 10.1. The number of hydrogen-bond donors (Lipinski definition) is 1. The quantitative estimate of drug-likeness (QED) is 0.316. The first-order valence-electron chi connectivity index (χ1n) is 9.66. The van der Waals surface area contributed by atoms with Gasteiger partial charge in [-0.1, -0.05) is 55.8 Å². The fourth-order valence-corrected chi connectivity index (χ4v) is 3.05. The highest BCUT2D eigenvalue weighted by molar-refractivity contribution is 6.30. The van der Waals surface area contributed by atoms with Gasteiger partial charge in [0.25, 0.3) is 5.88 Å². The molecule has 0 saturated heterocycles. The average molecular weight is 431 g/mol. The molecule has 0 fully saturated rings. The predicted molar refractivity (Wildman–Crippen MR) is 121 cm³/mol. The molecule has 8 heteroatoms. The van der Waals surface area contributed by atoms with Crippen molar-refractivity contribution >= 4 is 23.7 Å². The topological polar surface area (TPSA) is 92.0 Å². The van der Waals surface area contributed by atoms with E-state index in [1.807, 2.05) is 80.7 Å². The summed E-state index contributed by atoms with van der Waals surface area (Å²) in [5, 5.41) is 18.9. The van der Waals surface area contributed by atoms with Crippen LogP contribution in [0.3, 0.4) is 0 Å². The third kappa shape index (κ3) is 4.49. The Morgan fingerprint density at radius 2 is 1.90 bits per heavy atom. The van der Waals surface area contributed by atoms with Gasteiger partial charge in [0.05, 0.1) is 11.9 Å². The summed E-state index contributed by atoms with van der Waals surface area (Å²) < 4.78 is 7.40. The zero-order valence-corrected chi connectivity index (χ0v) is 17.7. The van der Waals surface area contributed by atoms with Gasteiger partial charge in [-0.25, -0.2) is 15.1 Å². The molecule has 0 spiro atoms. The van der Waals surface area contributed by atoms with Crippen LogP contribution in [0, 0.1) is 11.3 Å². The van der Waals surface area contributed by atoms with Crippen molar-refractivity contribution in [2.24, 2.45) is 5.10 Å². The first kappa shape index (κ1) is 20.4. The lowest BCUT2D eigenvalue weighted by molar-refractivity contribution is 0.481. The Morgan fingerprint density at radius 3 is 2.58 bits per heavy atom. The Bertz CT molecular complexity index is 1250. The van der Waals surface area contributed by atoms with Crippen LogP contribution >= 0.6 is 11.6 Å². The van der Waals surface area contributed by atoms with Crippen molar-refractivity contribution in [3.8, 4) is 23.0 Å². The Balaban J connectivity index is 1.68. The number of hydrogen-bond acceptors (Lipinski definition) is 6. The number of para-hydroxylation sites is 1. The van der Waals surface area contributed by atoms with E-state index in [-0.39, 0.29) is 17.5 Å². The van der Waals surface area contributed by atoms with Crippen molar-refractivity contribution in [1.82, 2.24) is 14.8 Å². The van der Waals surface area contributed by atoms with Gasteiger partial charge in [0.2, 0.25) is 11.6 Å². The van der Waals surface area contributed by atoms with Gasteiger partial charge >= 0.3 is 0 Å². The molecule has 0 bridgehead atoms. The molecule has 31 heavy (non-hydrogen) atoms. The highest BCUT2D eigenvalue weighted by Crippen LogP contribution is 2.25. The van der Waals surface area contributed by atoms with Crippen LogP contribution in [0.5, 0.6) is 0 Å². The minimum absolute atomic E-state index is 0.0623. The fourth-order valence-electron chi connectivity index (χ4n) is 2.92. The van der Waals surface area contributed by atoms with E-state index in [4.69, 9.17) is 21.1 Å². The van der Waals surface area contributed by atoms with Crippen LogP contribution in [0.2, 0.25) is 5.02 Å². The van der Waals surface area contributed by atoms with Crippen LogP contribution in [0.4, 0.5) is 5.88 Å². The molecule has 0 aliphatic carbocycles. The molecular weight excluding hydrogens is 412 g/mol. The van der Waals surface area contributed by atoms with Crippen LogP contribution in [0.1, 0.15) is 36.9 Å². The standard InChI is InChI=1S/C23H19ClN6O/c1-15(2)22-27-20(12-25)23(31-22)28-26-13-17-14-30(19-6-4-3-5-7-19)29-21(17)16-8-10-18(24)11-9-16/h3-11,13-15,28H,1-2H3. The van der Waals surface area contributed by atoms with Crippen molar-refractivity contribution in [1.29, 1.82) is 5.26 Å². The maximum absolute atomic E-state index is 9.29. The summed E-state index contributed by atoms with van der Waals surface area (Å²) in [4.78, 5) is 4.18. The van der Waals surface area contributed by atoms with Gasteiger partial charge in [-0.15, -0.1) is 0 Å². The van der Waals surface area contributed by atoms with Crippen molar-refractivity contribution in [3.63, 3.8) is 0 Å². The van der Waals surface area contributed by atoms with Crippen molar-refractivity contribution < 1.29 is 4.42 Å². The fraction of sp³-hybridized carbons (Fsp3) is 0.130. The second-order valence-electron chi connectivity index (χ2n) is 7.09. The minimum atomic E-state index is 0.0623. The molecule has 7 nitrogen and oxygen atoms in total. The smallest absolute Gasteiger partial charge is 0.252 e. The van der Waals surface area contributed by atoms with E-state index in [0.29, 0.717) is 10.9 Å². The van der Waals surface area contributed by atoms with Crippen LogP contribution in [-0.2, 0) is 0 Å². The molecule has 2 aromatic heterocycles. The van der Waals surface area contributed by atoms with Gasteiger partial charge in [0.15, 0.2) is 0 Å². The van der Waals surface area contributed by atoms with Gasteiger partial charge in [-0.3, -0.25) is 0 Å². The van der Waals surface area contributed by atoms with Gasteiger partial charge in [-0.05, 0) is 24.3 Å².